The number of aromatic nitrogens is 2. The van der Waals surface area contributed by atoms with Crippen molar-refractivity contribution in [1.29, 1.82) is 0 Å². The zero-order valence-corrected chi connectivity index (χ0v) is 25.4. The summed E-state index contributed by atoms with van der Waals surface area (Å²) in [4.78, 5) is 43.8. The van der Waals surface area contributed by atoms with Crippen LogP contribution < -0.4 is 16.2 Å². The van der Waals surface area contributed by atoms with Gasteiger partial charge in [0.2, 0.25) is 0 Å². The highest BCUT2D eigenvalue weighted by atomic mass is 35.5. The summed E-state index contributed by atoms with van der Waals surface area (Å²) in [5.74, 6) is -2.80. The van der Waals surface area contributed by atoms with Crippen molar-refractivity contribution in [3.63, 3.8) is 0 Å². The first-order valence-corrected chi connectivity index (χ1v) is 14.8. The Balaban J connectivity index is 1.32. The third-order valence-electron chi connectivity index (χ3n) is 8.46. The van der Waals surface area contributed by atoms with Crippen LogP contribution in [0.3, 0.4) is 0 Å². The summed E-state index contributed by atoms with van der Waals surface area (Å²) in [5.41, 5.74) is 0.695. The summed E-state index contributed by atoms with van der Waals surface area (Å²) in [6, 6.07) is 11.4. The van der Waals surface area contributed by atoms with Crippen LogP contribution in [-0.4, -0.2) is 52.6 Å². The minimum Gasteiger partial charge on any atom is -0.341 e. The fourth-order valence-electron chi connectivity index (χ4n) is 5.97. The van der Waals surface area contributed by atoms with E-state index in [-0.39, 0.29) is 70.3 Å². The first kappa shape index (κ1) is 30.4. The molecule has 2 N–H and O–H groups in total. The fraction of sp³-hybridized carbons (Fsp3) is 0.273. The molecule has 0 bridgehead atoms. The van der Waals surface area contributed by atoms with Crippen LogP contribution in [0.25, 0.3) is 16.9 Å². The van der Waals surface area contributed by atoms with E-state index in [1.165, 1.54) is 48.5 Å². The highest BCUT2D eigenvalue weighted by Gasteiger charge is 2.42. The first-order chi connectivity index (χ1) is 21.5. The largest absolute Gasteiger partial charge is 0.341 e. The number of halogens is 4. The summed E-state index contributed by atoms with van der Waals surface area (Å²) in [5, 5.41) is 5.06. The average Bonchev–Trinajstić information content (AvgIpc) is 3.79. The lowest BCUT2D eigenvalue weighted by atomic mass is 10.0. The Labute approximate surface area is 261 Å². The number of aryl methyl sites for hydroxylation is 2. The van der Waals surface area contributed by atoms with E-state index in [1.807, 2.05) is 0 Å². The number of nitrogens with zero attached hydrogens (tertiary/aromatic N) is 3. The molecule has 1 saturated heterocycles. The minimum absolute atomic E-state index is 0.0430. The van der Waals surface area contributed by atoms with Gasteiger partial charge in [-0.2, -0.15) is 0 Å². The molecule has 232 valence electrons. The highest BCUT2D eigenvalue weighted by Crippen LogP contribution is 2.55. The molecule has 2 aromatic heterocycles. The average molecular weight is 636 g/mol. The fourth-order valence-corrected chi connectivity index (χ4v) is 6.25. The van der Waals surface area contributed by atoms with Crippen LogP contribution in [0.1, 0.15) is 51.0 Å². The van der Waals surface area contributed by atoms with Crippen LogP contribution >= 0.6 is 11.6 Å². The molecule has 2 atom stereocenters. The summed E-state index contributed by atoms with van der Waals surface area (Å²) < 4.78 is 46.7. The first-order valence-electron chi connectivity index (χ1n) is 14.4. The number of rotatable bonds is 6. The molecular weight excluding hydrogens is 607 g/mol. The number of carbonyl (C=O) groups excluding carboxylic acids is 2. The van der Waals surface area contributed by atoms with E-state index in [4.69, 9.17) is 11.6 Å². The van der Waals surface area contributed by atoms with Gasteiger partial charge in [0.1, 0.15) is 22.4 Å². The maximum absolute atomic E-state index is 16.3. The van der Waals surface area contributed by atoms with E-state index in [0.717, 1.165) is 16.6 Å². The number of hydrogen-bond acceptors (Lipinski definition) is 4. The number of urea groups is 1. The highest BCUT2D eigenvalue weighted by molar-refractivity contribution is 6.31. The molecule has 2 fully saturated rings. The van der Waals surface area contributed by atoms with Gasteiger partial charge in [0.15, 0.2) is 5.82 Å². The van der Waals surface area contributed by atoms with Gasteiger partial charge in [-0.3, -0.25) is 19.1 Å². The normalized spacial score (nSPS) is 17.5. The summed E-state index contributed by atoms with van der Waals surface area (Å²) >= 11 is 6.61. The van der Waals surface area contributed by atoms with Crippen LogP contribution in [0.5, 0.6) is 0 Å². The van der Waals surface area contributed by atoms with E-state index >= 15 is 8.78 Å². The molecule has 8 nitrogen and oxygen atoms in total. The molecule has 0 spiro atoms. The van der Waals surface area contributed by atoms with Gasteiger partial charge in [0.25, 0.3) is 11.5 Å². The van der Waals surface area contributed by atoms with Crippen LogP contribution in [0.15, 0.2) is 59.5 Å². The molecule has 12 heteroatoms. The Kier molecular flexibility index (Phi) is 7.90. The molecule has 1 aliphatic heterocycles. The van der Waals surface area contributed by atoms with Crippen molar-refractivity contribution in [3.8, 4) is 16.9 Å². The minimum atomic E-state index is -0.954. The number of nitrogens with one attached hydrogen (secondary N) is 2. The Morgan fingerprint density at radius 2 is 1.71 bits per heavy atom. The molecule has 2 aliphatic rings. The summed E-state index contributed by atoms with van der Waals surface area (Å²) in [7, 11) is 1.48. The number of likely N-dealkylation sites (tertiary alicyclic amines) is 1. The third kappa shape index (κ3) is 5.45. The van der Waals surface area contributed by atoms with E-state index in [2.05, 4.69) is 15.6 Å². The van der Waals surface area contributed by atoms with Crippen LogP contribution in [0.2, 0.25) is 5.02 Å². The molecule has 1 aliphatic carbocycles. The molecule has 3 heterocycles. The van der Waals surface area contributed by atoms with Crippen molar-refractivity contribution >= 4 is 23.5 Å². The standard InChI is InChI=1S/C33H29ClF3N5O3/c1-16-13-39-29(21-5-4-6-22(27(21)36)31(43)41-14-20(15-41)40-33(45)38-3)28(37)30(16)42-17(2)11-25(26(34)32(42)44)24-12-23(24)18-7-9-19(35)10-8-18/h4-11,13,20,23-24H,12,14-15H2,1-3H3,(H2,38,40,45)/t23?,24-/m1/s1. The molecule has 45 heavy (non-hydrogen) atoms. The van der Waals surface area contributed by atoms with Gasteiger partial charge in [-0.25, -0.2) is 18.0 Å². The van der Waals surface area contributed by atoms with E-state index < -0.39 is 23.1 Å². The summed E-state index contributed by atoms with van der Waals surface area (Å²) in [6.45, 7) is 3.63. The maximum atomic E-state index is 16.3. The molecule has 0 radical (unpaired) electrons. The van der Waals surface area contributed by atoms with Crippen molar-refractivity contribution in [3.05, 3.63) is 116 Å². The number of amides is 3. The van der Waals surface area contributed by atoms with Gasteiger partial charge in [-0.1, -0.05) is 29.8 Å². The third-order valence-corrected chi connectivity index (χ3v) is 8.84. The van der Waals surface area contributed by atoms with Gasteiger partial charge in [-0.15, -0.1) is 0 Å². The smallest absolute Gasteiger partial charge is 0.314 e. The maximum Gasteiger partial charge on any atom is 0.314 e. The van der Waals surface area contributed by atoms with Crippen molar-refractivity contribution in [2.75, 3.05) is 20.1 Å². The predicted octanol–water partition coefficient (Wildman–Crippen LogP) is 5.61. The molecule has 3 amide bonds. The monoisotopic (exact) mass is 635 g/mol. The number of carbonyl (C=O) groups is 2. The Morgan fingerprint density at radius 3 is 2.40 bits per heavy atom. The van der Waals surface area contributed by atoms with Crippen molar-refractivity contribution in [2.24, 2.45) is 0 Å². The Morgan fingerprint density at radius 1 is 1.00 bits per heavy atom. The quantitative estimate of drug-likeness (QED) is 0.288. The van der Waals surface area contributed by atoms with Crippen molar-refractivity contribution < 1.29 is 22.8 Å². The van der Waals surface area contributed by atoms with Crippen LogP contribution in [-0.2, 0) is 0 Å². The molecule has 4 aromatic rings. The topological polar surface area (TPSA) is 96.3 Å². The second-order valence-electron chi connectivity index (χ2n) is 11.4. The van der Waals surface area contributed by atoms with Gasteiger partial charge in [0.05, 0.1) is 17.3 Å². The zero-order valence-electron chi connectivity index (χ0n) is 24.6. The van der Waals surface area contributed by atoms with E-state index in [9.17, 15) is 18.8 Å². The number of benzene rings is 2. The predicted molar refractivity (Wildman–Crippen MR) is 163 cm³/mol. The molecule has 1 unspecified atom stereocenters. The van der Waals surface area contributed by atoms with Crippen molar-refractivity contribution in [1.82, 2.24) is 25.1 Å². The lowest BCUT2D eigenvalue weighted by molar-refractivity contribution is 0.0573. The summed E-state index contributed by atoms with van der Waals surface area (Å²) in [6.07, 6.45) is 2.07. The molecule has 2 aromatic carbocycles. The van der Waals surface area contributed by atoms with Gasteiger partial charge >= 0.3 is 6.03 Å². The number of pyridine rings is 2. The van der Waals surface area contributed by atoms with Crippen LogP contribution in [0, 0.1) is 31.3 Å². The van der Waals surface area contributed by atoms with Crippen molar-refractivity contribution in [2.45, 2.75) is 38.1 Å². The van der Waals surface area contributed by atoms with E-state index in [0.29, 0.717) is 16.8 Å². The molecule has 1 saturated carbocycles. The van der Waals surface area contributed by atoms with E-state index in [1.54, 1.807) is 32.0 Å². The lowest BCUT2D eigenvalue weighted by Crippen LogP contribution is -2.62. The van der Waals surface area contributed by atoms with Gasteiger partial charge in [-0.05, 0) is 79.1 Å². The Bertz CT molecular complexity index is 1910. The molecular formula is C33H29ClF3N5O3. The lowest BCUT2D eigenvalue weighted by Gasteiger charge is -2.39. The van der Waals surface area contributed by atoms with Gasteiger partial charge < -0.3 is 15.5 Å². The zero-order chi connectivity index (χ0) is 32.2. The molecule has 6 rings (SSSR count). The number of hydrogen-bond donors (Lipinski definition) is 2. The van der Waals surface area contributed by atoms with Crippen LogP contribution in [0.4, 0.5) is 18.0 Å². The second kappa shape index (κ2) is 11.7. The Hall–Kier alpha value is -4.64. The van der Waals surface area contributed by atoms with Gasteiger partial charge in [0, 0.05) is 37.6 Å². The second-order valence-corrected chi connectivity index (χ2v) is 11.8. The SMILES string of the molecule is CNC(=O)NC1CN(C(=O)c2cccc(-c3ncc(C)c(-n4c(C)cc([C@@H]5CC5c5ccc(F)cc5)c(Cl)c4=O)c3F)c2F)C1.